The first kappa shape index (κ1) is 23.3. The lowest BCUT2D eigenvalue weighted by molar-refractivity contribution is -0.136. The topological polar surface area (TPSA) is 150 Å². The second-order valence-corrected chi connectivity index (χ2v) is 9.95. The fraction of sp³-hybridized carbons (Fsp3) is 0.524. The van der Waals surface area contributed by atoms with E-state index in [9.17, 15) is 27.6 Å². The molecule has 0 saturated carbocycles. The minimum absolute atomic E-state index is 0.0247. The van der Waals surface area contributed by atoms with Crippen LogP contribution in [0.4, 0.5) is 5.69 Å². The Morgan fingerprint density at radius 3 is 2.39 bits per heavy atom. The summed E-state index contributed by atoms with van der Waals surface area (Å²) in [7, 11) is -3.98. The van der Waals surface area contributed by atoms with Gasteiger partial charge in [-0.05, 0) is 43.9 Å². The second kappa shape index (κ2) is 9.20. The Hall–Kier alpha value is -2.83. The number of imide groups is 2. The van der Waals surface area contributed by atoms with Gasteiger partial charge < -0.3 is 9.64 Å². The van der Waals surface area contributed by atoms with Crippen molar-refractivity contribution < 1.29 is 36.9 Å². The van der Waals surface area contributed by atoms with Gasteiger partial charge in [-0.15, -0.1) is 0 Å². The fourth-order valence-corrected chi connectivity index (χ4v) is 4.91. The molecule has 0 spiro atoms. The monoisotopic (exact) mass is 479 g/mol. The van der Waals surface area contributed by atoms with Crippen LogP contribution in [0.3, 0.4) is 0 Å². The van der Waals surface area contributed by atoms with Crippen LogP contribution in [-0.2, 0) is 24.4 Å². The molecule has 11 nitrogen and oxygen atoms in total. The van der Waals surface area contributed by atoms with Gasteiger partial charge in [-0.3, -0.25) is 33.9 Å². The Labute approximate surface area is 190 Å². The standard InChI is InChI=1S/C21H25N3O8S/c25-18-5-4-17(19(26)22-18)24-20(27)15-3-2-13(12-16(15)21(24)28)23-8-6-14(7-9-23)32-10-1-11-33(29,30)31/h2-3,12,14,17H,1,4-11H2,(H,22,25,26)(H,29,30,31). The maximum atomic E-state index is 13.0. The Bertz CT molecular complexity index is 1090. The van der Waals surface area contributed by atoms with Crippen LogP contribution in [0.2, 0.25) is 0 Å². The van der Waals surface area contributed by atoms with Crippen LogP contribution in [-0.4, -0.2) is 79.1 Å². The summed E-state index contributed by atoms with van der Waals surface area (Å²) < 4.78 is 36.0. The first-order valence-corrected chi connectivity index (χ1v) is 12.4. The summed E-state index contributed by atoms with van der Waals surface area (Å²) in [5.74, 6) is -2.46. The fourth-order valence-electron chi connectivity index (χ4n) is 4.43. The van der Waals surface area contributed by atoms with Crippen molar-refractivity contribution in [3.05, 3.63) is 29.3 Å². The lowest BCUT2D eigenvalue weighted by atomic mass is 10.0. The molecule has 2 fully saturated rings. The number of ether oxygens (including phenoxy) is 1. The van der Waals surface area contributed by atoms with Crippen molar-refractivity contribution >= 4 is 39.4 Å². The van der Waals surface area contributed by atoms with E-state index in [4.69, 9.17) is 9.29 Å². The van der Waals surface area contributed by atoms with Gasteiger partial charge in [0.1, 0.15) is 6.04 Å². The minimum Gasteiger partial charge on any atom is -0.378 e. The number of amides is 4. The summed E-state index contributed by atoms with van der Waals surface area (Å²) in [6.07, 6.45) is 1.80. The molecule has 2 N–H and O–H groups in total. The van der Waals surface area contributed by atoms with E-state index in [0.717, 1.165) is 10.6 Å². The molecule has 1 atom stereocenters. The van der Waals surface area contributed by atoms with Crippen molar-refractivity contribution in [1.29, 1.82) is 0 Å². The Balaban J connectivity index is 1.37. The first-order valence-electron chi connectivity index (χ1n) is 10.8. The van der Waals surface area contributed by atoms with Crippen LogP contribution in [0.1, 0.15) is 52.8 Å². The highest BCUT2D eigenvalue weighted by Crippen LogP contribution is 2.31. The molecular formula is C21H25N3O8S. The molecule has 3 heterocycles. The van der Waals surface area contributed by atoms with Gasteiger partial charge in [0, 0.05) is 31.8 Å². The Morgan fingerprint density at radius 1 is 1.03 bits per heavy atom. The lowest BCUT2D eigenvalue weighted by Crippen LogP contribution is -2.54. The van der Waals surface area contributed by atoms with Crippen LogP contribution in [0.25, 0.3) is 0 Å². The van der Waals surface area contributed by atoms with Gasteiger partial charge in [-0.1, -0.05) is 0 Å². The number of nitrogens with one attached hydrogen (secondary N) is 1. The summed E-state index contributed by atoms with van der Waals surface area (Å²) >= 11 is 0. The zero-order valence-electron chi connectivity index (χ0n) is 17.9. The average Bonchev–Trinajstić information content (AvgIpc) is 3.01. The van der Waals surface area contributed by atoms with E-state index in [0.29, 0.717) is 25.9 Å². The lowest BCUT2D eigenvalue weighted by Gasteiger charge is -2.33. The van der Waals surface area contributed by atoms with E-state index in [1.807, 2.05) is 0 Å². The van der Waals surface area contributed by atoms with Crippen molar-refractivity contribution in [3.63, 3.8) is 0 Å². The highest BCUT2D eigenvalue weighted by atomic mass is 32.2. The Kier molecular flexibility index (Phi) is 6.50. The van der Waals surface area contributed by atoms with Gasteiger partial charge in [0.15, 0.2) is 0 Å². The van der Waals surface area contributed by atoms with E-state index < -0.39 is 39.8 Å². The number of fused-ring (bicyclic) bond motifs is 1. The first-order chi connectivity index (χ1) is 15.6. The van der Waals surface area contributed by atoms with Crippen LogP contribution >= 0.6 is 0 Å². The predicted octanol–water partition coefficient (Wildman–Crippen LogP) is 0.351. The minimum atomic E-state index is -3.98. The molecule has 12 heteroatoms. The van der Waals surface area contributed by atoms with Crippen molar-refractivity contribution in [2.24, 2.45) is 0 Å². The van der Waals surface area contributed by atoms with Gasteiger partial charge in [0.2, 0.25) is 11.8 Å². The maximum Gasteiger partial charge on any atom is 0.264 e. The summed E-state index contributed by atoms with van der Waals surface area (Å²) in [5, 5.41) is 2.18. The zero-order valence-corrected chi connectivity index (χ0v) is 18.7. The number of hydrogen-bond acceptors (Lipinski definition) is 8. The van der Waals surface area contributed by atoms with Crippen LogP contribution in [0.15, 0.2) is 18.2 Å². The Morgan fingerprint density at radius 2 is 1.73 bits per heavy atom. The molecule has 0 radical (unpaired) electrons. The number of benzene rings is 1. The van der Waals surface area contributed by atoms with Crippen LogP contribution in [0, 0.1) is 0 Å². The highest BCUT2D eigenvalue weighted by molar-refractivity contribution is 7.85. The summed E-state index contributed by atoms with van der Waals surface area (Å²) in [4.78, 5) is 52.4. The molecule has 33 heavy (non-hydrogen) atoms. The molecule has 1 aromatic rings. The van der Waals surface area contributed by atoms with Gasteiger partial charge in [0.25, 0.3) is 21.9 Å². The molecule has 1 unspecified atom stereocenters. The number of nitrogens with zero attached hydrogens (tertiary/aromatic N) is 2. The number of anilines is 1. The zero-order chi connectivity index (χ0) is 23.8. The third-order valence-electron chi connectivity index (χ3n) is 6.13. The average molecular weight is 480 g/mol. The summed E-state index contributed by atoms with van der Waals surface area (Å²) in [6, 6.07) is 4.03. The second-order valence-electron chi connectivity index (χ2n) is 8.37. The van der Waals surface area contributed by atoms with Crippen molar-refractivity contribution in [1.82, 2.24) is 10.2 Å². The third kappa shape index (κ3) is 5.07. The number of hydrogen-bond donors (Lipinski definition) is 2. The van der Waals surface area contributed by atoms with E-state index in [1.54, 1.807) is 18.2 Å². The van der Waals surface area contributed by atoms with Crippen LogP contribution < -0.4 is 10.2 Å². The predicted molar refractivity (Wildman–Crippen MR) is 115 cm³/mol. The van der Waals surface area contributed by atoms with Crippen molar-refractivity contribution in [2.75, 3.05) is 30.3 Å². The molecular weight excluding hydrogens is 454 g/mol. The molecule has 0 aromatic heterocycles. The largest absolute Gasteiger partial charge is 0.378 e. The molecule has 0 bridgehead atoms. The van der Waals surface area contributed by atoms with Crippen molar-refractivity contribution in [2.45, 2.75) is 44.2 Å². The molecule has 3 aliphatic heterocycles. The molecule has 2 saturated heterocycles. The molecule has 4 amide bonds. The third-order valence-corrected chi connectivity index (χ3v) is 6.94. The van der Waals surface area contributed by atoms with Crippen LogP contribution in [0.5, 0.6) is 0 Å². The van der Waals surface area contributed by atoms with E-state index in [2.05, 4.69) is 10.2 Å². The molecule has 0 aliphatic carbocycles. The summed E-state index contributed by atoms with van der Waals surface area (Å²) in [5.41, 5.74) is 1.26. The van der Waals surface area contributed by atoms with Gasteiger partial charge >= 0.3 is 0 Å². The van der Waals surface area contributed by atoms with Gasteiger partial charge in [-0.25, -0.2) is 0 Å². The molecule has 3 aliphatic rings. The number of carbonyl (C=O) groups is 4. The van der Waals surface area contributed by atoms with E-state index >= 15 is 0 Å². The highest BCUT2D eigenvalue weighted by Gasteiger charge is 2.44. The number of carbonyl (C=O) groups excluding carboxylic acids is 4. The van der Waals surface area contributed by atoms with Crippen molar-refractivity contribution in [3.8, 4) is 0 Å². The molecule has 1 aromatic carbocycles. The van der Waals surface area contributed by atoms with Gasteiger partial charge in [-0.2, -0.15) is 8.42 Å². The normalized spacial score (nSPS) is 22.0. The SMILES string of the molecule is O=C1CCC(N2C(=O)c3ccc(N4CCC(OCCCS(=O)(=O)O)CC4)cc3C2=O)C(=O)N1. The van der Waals surface area contributed by atoms with Gasteiger partial charge in [0.05, 0.1) is 23.0 Å². The quantitative estimate of drug-likeness (QED) is 0.321. The number of piperidine rings is 2. The van der Waals surface area contributed by atoms with E-state index in [-0.39, 0.29) is 48.9 Å². The smallest absolute Gasteiger partial charge is 0.264 e. The number of rotatable bonds is 7. The molecule has 178 valence electrons. The maximum absolute atomic E-state index is 13.0. The summed E-state index contributed by atoms with van der Waals surface area (Å²) in [6.45, 7) is 1.55. The molecule has 4 rings (SSSR count). The van der Waals surface area contributed by atoms with E-state index in [1.165, 1.54) is 0 Å².